The standard InChI is InChI=1S/C20H23ClN2O4/c1-6-23(19(25)14-7-9-15(21)10-8-14)13(4)18(24)16-11(2)17(20(26)27-5)22-12(16)3/h7-10,13,22H,6H2,1-5H3/t13-/m1/s1. The first-order valence-corrected chi connectivity index (χ1v) is 8.98. The van der Waals surface area contributed by atoms with Gasteiger partial charge in [0.25, 0.3) is 5.91 Å². The normalized spacial score (nSPS) is 11.8. The summed E-state index contributed by atoms with van der Waals surface area (Å²) in [4.78, 5) is 42.2. The number of esters is 1. The third kappa shape index (κ3) is 4.06. The Balaban J connectivity index is 2.34. The van der Waals surface area contributed by atoms with E-state index >= 15 is 0 Å². The molecule has 1 amide bonds. The number of nitrogens with one attached hydrogen (secondary N) is 1. The predicted molar refractivity (Wildman–Crippen MR) is 104 cm³/mol. The van der Waals surface area contributed by atoms with Crippen LogP contribution >= 0.6 is 11.6 Å². The summed E-state index contributed by atoms with van der Waals surface area (Å²) >= 11 is 5.88. The fourth-order valence-corrected chi connectivity index (χ4v) is 3.25. The molecule has 2 rings (SSSR count). The number of benzene rings is 1. The lowest BCUT2D eigenvalue weighted by Gasteiger charge is -2.27. The first kappa shape index (κ1) is 20.7. The third-order valence-corrected chi connectivity index (χ3v) is 4.87. The summed E-state index contributed by atoms with van der Waals surface area (Å²) in [5.74, 6) is -1.03. The van der Waals surface area contributed by atoms with E-state index in [4.69, 9.17) is 16.3 Å². The Hall–Kier alpha value is -2.60. The van der Waals surface area contributed by atoms with E-state index in [0.717, 1.165) is 0 Å². The summed E-state index contributed by atoms with van der Waals surface area (Å²) in [7, 11) is 1.28. The van der Waals surface area contributed by atoms with Gasteiger partial charge < -0.3 is 14.6 Å². The highest BCUT2D eigenvalue weighted by Crippen LogP contribution is 2.23. The number of hydrogen-bond acceptors (Lipinski definition) is 4. The molecule has 1 N–H and O–H groups in total. The highest BCUT2D eigenvalue weighted by Gasteiger charge is 2.30. The molecule has 0 saturated heterocycles. The number of H-pyrrole nitrogens is 1. The minimum Gasteiger partial charge on any atom is -0.464 e. The molecular formula is C20H23ClN2O4. The monoisotopic (exact) mass is 390 g/mol. The van der Waals surface area contributed by atoms with E-state index in [1.165, 1.54) is 12.0 Å². The number of likely N-dealkylation sites (N-methyl/N-ethyl adjacent to an activating group) is 1. The van der Waals surface area contributed by atoms with E-state index in [-0.39, 0.29) is 17.4 Å². The summed E-state index contributed by atoms with van der Waals surface area (Å²) in [6.07, 6.45) is 0. The second kappa shape index (κ2) is 8.39. The number of aromatic nitrogens is 1. The van der Waals surface area contributed by atoms with Crippen LogP contribution in [-0.2, 0) is 4.74 Å². The van der Waals surface area contributed by atoms with Gasteiger partial charge in [-0.3, -0.25) is 9.59 Å². The fraction of sp³-hybridized carbons (Fsp3) is 0.350. The van der Waals surface area contributed by atoms with E-state index < -0.39 is 12.0 Å². The van der Waals surface area contributed by atoms with Gasteiger partial charge in [-0.1, -0.05) is 11.6 Å². The van der Waals surface area contributed by atoms with Crippen LogP contribution in [-0.4, -0.2) is 47.2 Å². The SMILES string of the molecule is CCN(C(=O)c1ccc(Cl)cc1)[C@H](C)C(=O)c1c(C)[nH]c(C(=O)OC)c1C. The lowest BCUT2D eigenvalue weighted by atomic mass is 9.99. The summed E-state index contributed by atoms with van der Waals surface area (Å²) in [6.45, 7) is 7.27. The quantitative estimate of drug-likeness (QED) is 0.601. The number of hydrogen-bond donors (Lipinski definition) is 1. The van der Waals surface area contributed by atoms with Crippen molar-refractivity contribution in [3.63, 3.8) is 0 Å². The second-order valence-electron chi connectivity index (χ2n) is 6.25. The fourth-order valence-electron chi connectivity index (χ4n) is 3.13. The molecule has 0 aliphatic heterocycles. The molecule has 0 spiro atoms. The van der Waals surface area contributed by atoms with E-state index in [0.29, 0.717) is 34.0 Å². The van der Waals surface area contributed by atoms with Crippen LogP contribution in [0.3, 0.4) is 0 Å². The van der Waals surface area contributed by atoms with Crippen LogP contribution in [0.15, 0.2) is 24.3 Å². The third-order valence-electron chi connectivity index (χ3n) is 4.61. The van der Waals surface area contributed by atoms with E-state index in [1.54, 1.807) is 45.0 Å². The molecule has 0 unspecified atom stereocenters. The van der Waals surface area contributed by atoms with Crippen LogP contribution in [0.5, 0.6) is 0 Å². The van der Waals surface area contributed by atoms with Crippen LogP contribution in [0.1, 0.15) is 56.3 Å². The van der Waals surface area contributed by atoms with Gasteiger partial charge in [-0.15, -0.1) is 0 Å². The zero-order valence-corrected chi connectivity index (χ0v) is 16.8. The van der Waals surface area contributed by atoms with E-state index in [2.05, 4.69) is 4.98 Å². The molecule has 0 aliphatic rings. The topological polar surface area (TPSA) is 79.5 Å². The number of carbonyl (C=O) groups is 3. The van der Waals surface area contributed by atoms with Gasteiger partial charge in [0, 0.05) is 28.4 Å². The van der Waals surface area contributed by atoms with Crippen molar-refractivity contribution in [3.8, 4) is 0 Å². The summed E-state index contributed by atoms with van der Waals surface area (Å²) < 4.78 is 4.74. The Bertz CT molecular complexity index is 871. The zero-order valence-electron chi connectivity index (χ0n) is 16.1. The molecule has 1 aromatic heterocycles. The molecule has 0 radical (unpaired) electrons. The molecule has 6 nitrogen and oxygen atoms in total. The summed E-state index contributed by atoms with van der Waals surface area (Å²) in [5, 5.41) is 0.535. The number of methoxy groups -OCH3 is 1. The number of rotatable bonds is 6. The van der Waals surface area contributed by atoms with Crippen molar-refractivity contribution < 1.29 is 19.1 Å². The molecule has 1 aromatic carbocycles. The molecule has 144 valence electrons. The van der Waals surface area contributed by atoms with Gasteiger partial charge in [0.1, 0.15) is 5.69 Å². The number of aromatic amines is 1. The van der Waals surface area contributed by atoms with Crippen molar-refractivity contribution in [1.29, 1.82) is 0 Å². The molecule has 1 atom stereocenters. The molecule has 0 bridgehead atoms. The lowest BCUT2D eigenvalue weighted by Crippen LogP contribution is -2.43. The Morgan fingerprint density at radius 1 is 1.19 bits per heavy atom. The Morgan fingerprint density at radius 2 is 1.78 bits per heavy atom. The van der Waals surface area contributed by atoms with Crippen LogP contribution in [0.2, 0.25) is 5.02 Å². The lowest BCUT2D eigenvalue weighted by molar-refractivity contribution is 0.0593. The molecule has 1 heterocycles. The number of carbonyl (C=O) groups excluding carboxylic acids is 3. The Kier molecular flexibility index (Phi) is 6.44. The van der Waals surface area contributed by atoms with Crippen LogP contribution in [0, 0.1) is 13.8 Å². The van der Waals surface area contributed by atoms with Gasteiger partial charge in [-0.25, -0.2) is 4.79 Å². The number of amides is 1. The zero-order chi connectivity index (χ0) is 20.3. The van der Waals surface area contributed by atoms with Gasteiger partial charge >= 0.3 is 5.97 Å². The Morgan fingerprint density at radius 3 is 2.30 bits per heavy atom. The smallest absolute Gasteiger partial charge is 0.354 e. The van der Waals surface area contributed by atoms with Gasteiger partial charge in [0.15, 0.2) is 5.78 Å². The van der Waals surface area contributed by atoms with Gasteiger partial charge in [-0.05, 0) is 57.5 Å². The Labute approximate surface area is 163 Å². The van der Waals surface area contributed by atoms with Gasteiger partial charge in [0.05, 0.1) is 13.2 Å². The van der Waals surface area contributed by atoms with Crippen molar-refractivity contribution in [3.05, 3.63) is 57.4 Å². The maximum Gasteiger partial charge on any atom is 0.354 e. The van der Waals surface area contributed by atoms with E-state index in [1.807, 2.05) is 6.92 Å². The number of halogens is 1. The second-order valence-corrected chi connectivity index (χ2v) is 6.69. The largest absolute Gasteiger partial charge is 0.464 e. The number of Topliss-reactive ketones (excluding diaryl/α,β-unsaturated/α-hetero) is 1. The van der Waals surface area contributed by atoms with Crippen molar-refractivity contribution in [2.24, 2.45) is 0 Å². The van der Waals surface area contributed by atoms with Crippen molar-refractivity contribution in [2.75, 3.05) is 13.7 Å². The first-order valence-electron chi connectivity index (χ1n) is 8.61. The number of aryl methyl sites for hydroxylation is 1. The molecule has 27 heavy (non-hydrogen) atoms. The van der Waals surface area contributed by atoms with Gasteiger partial charge in [0.2, 0.25) is 0 Å². The van der Waals surface area contributed by atoms with Crippen molar-refractivity contribution >= 4 is 29.3 Å². The molecule has 0 fully saturated rings. The van der Waals surface area contributed by atoms with Crippen molar-refractivity contribution in [1.82, 2.24) is 9.88 Å². The molecule has 7 heteroatoms. The number of ketones is 1. The molecule has 0 saturated carbocycles. The highest BCUT2D eigenvalue weighted by atomic mass is 35.5. The maximum absolute atomic E-state index is 13.1. The van der Waals surface area contributed by atoms with Crippen LogP contribution in [0.4, 0.5) is 0 Å². The number of ether oxygens (including phenoxy) is 1. The summed E-state index contributed by atoms with van der Waals surface area (Å²) in [5.41, 5.74) is 2.20. The molecule has 0 aliphatic carbocycles. The van der Waals surface area contributed by atoms with Crippen LogP contribution in [0.25, 0.3) is 0 Å². The summed E-state index contributed by atoms with van der Waals surface area (Å²) in [6, 6.07) is 5.84. The minimum atomic E-state index is -0.697. The molecular weight excluding hydrogens is 368 g/mol. The van der Waals surface area contributed by atoms with Crippen molar-refractivity contribution in [2.45, 2.75) is 33.7 Å². The average molecular weight is 391 g/mol. The number of nitrogens with zero attached hydrogens (tertiary/aromatic N) is 1. The van der Waals surface area contributed by atoms with E-state index in [9.17, 15) is 14.4 Å². The average Bonchev–Trinajstić information content (AvgIpc) is 2.95. The molecule has 2 aromatic rings. The minimum absolute atomic E-state index is 0.236. The van der Waals surface area contributed by atoms with Gasteiger partial charge in [-0.2, -0.15) is 0 Å². The predicted octanol–water partition coefficient (Wildman–Crippen LogP) is 3.81. The highest BCUT2D eigenvalue weighted by molar-refractivity contribution is 6.30. The van der Waals surface area contributed by atoms with Crippen LogP contribution < -0.4 is 0 Å². The maximum atomic E-state index is 13.1. The first-order chi connectivity index (χ1) is 12.7.